The standard InChI is InChI=1S/C3H6F2Si/c1-2-3(4)6-5/h2-3H,1,6H2. The van der Waals surface area contributed by atoms with Gasteiger partial charge in [-0.1, -0.05) is 6.08 Å². The molecule has 0 nitrogen and oxygen atoms in total. The van der Waals surface area contributed by atoms with Gasteiger partial charge in [-0.25, -0.2) is 4.39 Å². The van der Waals surface area contributed by atoms with Crippen LogP contribution in [0.5, 0.6) is 0 Å². The van der Waals surface area contributed by atoms with Crippen LogP contribution in [0, 0.1) is 0 Å². The summed E-state index contributed by atoms with van der Waals surface area (Å²) in [5.41, 5.74) is 0. The molecule has 0 aliphatic rings. The molecule has 0 bridgehead atoms. The van der Waals surface area contributed by atoms with Crippen LogP contribution in [0.4, 0.5) is 8.50 Å². The van der Waals surface area contributed by atoms with Crippen LogP contribution in [0.25, 0.3) is 0 Å². The predicted molar refractivity (Wildman–Crippen MR) is 24.7 cm³/mol. The molecule has 0 N–H and O–H groups in total. The number of allylic oxidation sites excluding steroid dienone is 1. The van der Waals surface area contributed by atoms with Gasteiger partial charge < -0.3 is 4.11 Å². The van der Waals surface area contributed by atoms with Gasteiger partial charge in [-0.3, -0.25) is 0 Å². The van der Waals surface area contributed by atoms with Crippen LogP contribution in [0.15, 0.2) is 12.7 Å². The summed E-state index contributed by atoms with van der Waals surface area (Å²) < 4.78 is 22.5. The first kappa shape index (κ1) is 5.82. The predicted octanol–water partition coefficient (Wildman–Crippen LogP) is 0.521. The number of hydrogen-bond donors (Lipinski definition) is 0. The Morgan fingerprint density at radius 2 is 2.33 bits per heavy atom. The topological polar surface area (TPSA) is 0 Å². The van der Waals surface area contributed by atoms with Crippen molar-refractivity contribution in [3.63, 3.8) is 0 Å². The van der Waals surface area contributed by atoms with Crippen LogP contribution in [0.1, 0.15) is 0 Å². The van der Waals surface area contributed by atoms with Gasteiger partial charge in [0.05, 0.1) is 0 Å². The van der Waals surface area contributed by atoms with E-state index in [9.17, 15) is 8.50 Å². The molecule has 0 rings (SSSR count). The Kier molecular flexibility index (Phi) is 2.93. The van der Waals surface area contributed by atoms with E-state index < -0.39 is 15.6 Å². The molecule has 0 saturated carbocycles. The molecule has 0 aromatic carbocycles. The van der Waals surface area contributed by atoms with Gasteiger partial charge in [0, 0.05) is 0 Å². The number of hydrogen-bond acceptors (Lipinski definition) is 0. The van der Waals surface area contributed by atoms with E-state index in [0.717, 1.165) is 6.08 Å². The van der Waals surface area contributed by atoms with E-state index >= 15 is 0 Å². The molecular formula is C3H6F2Si. The zero-order valence-electron chi connectivity index (χ0n) is 3.32. The van der Waals surface area contributed by atoms with Crippen molar-refractivity contribution in [1.29, 1.82) is 0 Å². The Morgan fingerprint density at radius 3 is 2.33 bits per heavy atom. The highest BCUT2D eigenvalue weighted by molar-refractivity contribution is 6.28. The first-order chi connectivity index (χ1) is 2.81. The van der Waals surface area contributed by atoms with E-state index in [0.29, 0.717) is 0 Å². The van der Waals surface area contributed by atoms with Gasteiger partial charge >= 0.3 is 0 Å². The van der Waals surface area contributed by atoms with Gasteiger partial charge in [0.25, 0.3) is 9.85 Å². The zero-order chi connectivity index (χ0) is 4.99. The lowest BCUT2D eigenvalue weighted by molar-refractivity contribution is 0.490. The van der Waals surface area contributed by atoms with E-state index in [4.69, 9.17) is 0 Å². The second-order valence-corrected chi connectivity index (χ2v) is 1.99. The van der Waals surface area contributed by atoms with E-state index in [2.05, 4.69) is 6.58 Å². The van der Waals surface area contributed by atoms with Gasteiger partial charge in [0.1, 0.15) is 5.79 Å². The van der Waals surface area contributed by atoms with Gasteiger partial charge in [-0.15, -0.1) is 6.58 Å². The Hall–Kier alpha value is -0.183. The molecule has 1 atom stereocenters. The smallest absolute Gasteiger partial charge is 0.255 e. The van der Waals surface area contributed by atoms with E-state index in [1.165, 1.54) is 0 Å². The second-order valence-electron chi connectivity index (χ2n) is 0.906. The molecule has 36 valence electrons. The normalized spacial score (nSPS) is 15.7. The Labute approximate surface area is 37.9 Å². The number of rotatable bonds is 2. The van der Waals surface area contributed by atoms with Gasteiger partial charge in [-0.05, 0) is 0 Å². The van der Waals surface area contributed by atoms with Gasteiger partial charge in [-0.2, -0.15) is 0 Å². The summed E-state index contributed by atoms with van der Waals surface area (Å²) in [6, 6.07) is 0. The van der Waals surface area contributed by atoms with E-state index in [-0.39, 0.29) is 0 Å². The van der Waals surface area contributed by atoms with Crippen molar-refractivity contribution in [3.8, 4) is 0 Å². The summed E-state index contributed by atoms with van der Waals surface area (Å²) in [5, 5.41) is 0. The number of halogens is 2. The van der Waals surface area contributed by atoms with Crippen molar-refractivity contribution in [2.75, 3.05) is 0 Å². The molecule has 0 aliphatic heterocycles. The Morgan fingerprint density at radius 1 is 1.83 bits per heavy atom. The largest absolute Gasteiger partial charge is 0.319 e. The molecule has 0 aromatic heterocycles. The van der Waals surface area contributed by atoms with Crippen molar-refractivity contribution >= 4 is 9.85 Å². The molecule has 0 spiro atoms. The Balaban J connectivity index is 2.96. The molecule has 0 amide bonds. The van der Waals surface area contributed by atoms with Crippen LogP contribution in [-0.2, 0) is 0 Å². The third-order valence-corrected chi connectivity index (χ3v) is 1.03. The highest BCUT2D eigenvalue weighted by Crippen LogP contribution is 1.86. The van der Waals surface area contributed by atoms with Crippen LogP contribution in [-0.4, -0.2) is 15.6 Å². The van der Waals surface area contributed by atoms with Crippen LogP contribution in [0.3, 0.4) is 0 Å². The molecule has 3 heteroatoms. The first-order valence-corrected chi connectivity index (χ1v) is 2.99. The molecule has 0 aliphatic carbocycles. The minimum Gasteiger partial charge on any atom is -0.319 e. The van der Waals surface area contributed by atoms with Crippen LogP contribution >= 0.6 is 0 Å². The fourth-order valence-corrected chi connectivity index (χ4v) is 0.189. The van der Waals surface area contributed by atoms with Crippen molar-refractivity contribution in [3.05, 3.63) is 12.7 Å². The lowest BCUT2D eigenvalue weighted by Crippen LogP contribution is -1.98. The monoisotopic (exact) mass is 108 g/mol. The lowest BCUT2D eigenvalue weighted by atomic mass is 10.7. The third-order valence-electron chi connectivity index (χ3n) is 0.403. The van der Waals surface area contributed by atoms with Crippen LogP contribution < -0.4 is 0 Å². The molecule has 1 unspecified atom stereocenters. The summed E-state index contributed by atoms with van der Waals surface area (Å²) in [6.45, 7) is 3.05. The summed E-state index contributed by atoms with van der Waals surface area (Å²) in [4.78, 5) is 0. The molecule has 0 radical (unpaired) electrons. The molecule has 0 aromatic rings. The maximum atomic E-state index is 11.4. The summed E-state index contributed by atoms with van der Waals surface area (Å²) in [7, 11) is -1.95. The minimum absolute atomic E-state index is 0.992. The fourth-order valence-electron chi connectivity index (χ4n) is 0.0630. The Bertz CT molecular complexity index is 46.1. The highest BCUT2D eigenvalue weighted by Gasteiger charge is 1.95. The van der Waals surface area contributed by atoms with E-state index in [1.54, 1.807) is 0 Å². The minimum atomic E-state index is -1.95. The number of alkyl halides is 1. The van der Waals surface area contributed by atoms with Crippen molar-refractivity contribution in [2.45, 2.75) is 5.79 Å². The molecule has 6 heavy (non-hydrogen) atoms. The average Bonchev–Trinajstić information content (AvgIpc) is 1.65. The SMILES string of the molecule is C=CC(F)[SiH2]F. The lowest BCUT2D eigenvalue weighted by Gasteiger charge is -1.85. The van der Waals surface area contributed by atoms with Crippen LogP contribution in [0.2, 0.25) is 0 Å². The maximum Gasteiger partial charge on any atom is 0.255 e. The molecular weight excluding hydrogens is 102 g/mol. The summed E-state index contributed by atoms with van der Waals surface area (Å²) >= 11 is 0. The highest BCUT2D eigenvalue weighted by atomic mass is 28.3. The summed E-state index contributed by atoms with van der Waals surface area (Å²) in [6.07, 6.45) is 0.992. The first-order valence-electron chi connectivity index (χ1n) is 1.64. The summed E-state index contributed by atoms with van der Waals surface area (Å²) in [5.74, 6) is -1.33. The van der Waals surface area contributed by atoms with Crippen molar-refractivity contribution < 1.29 is 8.50 Å². The van der Waals surface area contributed by atoms with E-state index in [1.807, 2.05) is 0 Å². The second kappa shape index (κ2) is 3.02. The van der Waals surface area contributed by atoms with Gasteiger partial charge in [0.15, 0.2) is 0 Å². The van der Waals surface area contributed by atoms with Crippen molar-refractivity contribution in [1.82, 2.24) is 0 Å². The zero-order valence-corrected chi connectivity index (χ0v) is 4.74. The van der Waals surface area contributed by atoms with Gasteiger partial charge in [0.2, 0.25) is 0 Å². The molecule has 0 heterocycles. The quantitative estimate of drug-likeness (QED) is 0.275. The third kappa shape index (κ3) is 2.08. The maximum absolute atomic E-state index is 11.4. The molecule has 0 fully saturated rings. The van der Waals surface area contributed by atoms with Crippen molar-refractivity contribution in [2.24, 2.45) is 0 Å². The fraction of sp³-hybridized carbons (Fsp3) is 0.333. The average molecular weight is 108 g/mol. The molecule has 0 saturated heterocycles.